The van der Waals surface area contributed by atoms with Crippen LogP contribution in [-0.2, 0) is 9.31 Å². The molecule has 220 valence electrons. The molecule has 0 bridgehead atoms. The van der Waals surface area contributed by atoms with Crippen molar-refractivity contribution in [3.05, 3.63) is 128 Å². The minimum absolute atomic E-state index is 0.406. The number of benzene rings is 4. The van der Waals surface area contributed by atoms with Gasteiger partial charge in [-0.05, 0) is 56.4 Å². The van der Waals surface area contributed by atoms with Crippen molar-refractivity contribution < 1.29 is 9.31 Å². The number of hydrogen-bond donors (Lipinski definition) is 0. The minimum Gasteiger partial charge on any atom is -0.399 e. The molecule has 6 nitrogen and oxygen atoms in total. The molecule has 0 N–H and O–H groups in total. The summed E-state index contributed by atoms with van der Waals surface area (Å²) < 4.78 is 12.5. The quantitative estimate of drug-likeness (QED) is 0.184. The largest absolute Gasteiger partial charge is 0.494 e. The Bertz CT molecular complexity index is 1810. The van der Waals surface area contributed by atoms with E-state index < -0.39 is 18.3 Å². The fourth-order valence-corrected chi connectivity index (χ4v) is 5.30. The van der Waals surface area contributed by atoms with Crippen LogP contribution in [0.25, 0.3) is 56.5 Å². The maximum Gasteiger partial charge on any atom is 0.494 e. The molecule has 0 radical (unpaired) electrons. The topological polar surface area (TPSA) is 70.0 Å². The van der Waals surface area contributed by atoms with Crippen molar-refractivity contribution in [2.45, 2.75) is 38.9 Å². The maximum absolute atomic E-state index is 6.26. The van der Waals surface area contributed by atoms with E-state index in [0.717, 1.165) is 44.5 Å². The van der Waals surface area contributed by atoms with Gasteiger partial charge in [-0.25, -0.2) is 15.0 Å². The Hall–Kier alpha value is -4.98. The van der Waals surface area contributed by atoms with Gasteiger partial charge in [0, 0.05) is 28.5 Å². The molecule has 0 unspecified atom stereocenters. The fourth-order valence-electron chi connectivity index (χ4n) is 5.30. The molecule has 0 aliphatic carbocycles. The lowest BCUT2D eigenvalue weighted by Crippen LogP contribution is -2.41. The highest BCUT2D eigenvalue weighted by atomic mass is 16.7. The summed E-state index contributed by atoms with van der Waals surface area (Å²) in [6.45, 7) is 8.24. The summed E-state index contributed by atoms with van der Waals surface area (Å²) >= 11 is 0. The summed E-state index contributed by atoms with van der Waals surface area (Å²) in [5, 5.41) is 0. The van der Waals surface area contributed by atoms with E-state index in [9.17, 15) is 0 Å². The first-order chi connectivity index (χ1) is 21.8. The van der Waals surface area contributed by atoms with Gasteiger partial charge in [0.1, 0.15) is 0 Å². The Morgan fingerprint density at radius 2 is 0.867 bits per heavy atom. The molecule has 0 atom stereocenters. The molecule has 0 amide bonds. The third-order valence-corrected chi connectivity index (χ3v) is 8.68. The van der Waals surface area contributed by atoms with Crippen LogP contribution >= 0.6 is 0 Å². The number of rotatable bonds is 6. The highest BCUT2D eigenvalue weighted by molar-refractivity contribution is 6.62. The summed E-state index contributed by atoms with van der Waals surface area (Å²) in [5.41, 5.74) is 7.08. The van der Waals surface area contributed by atoms with Gasteiger partial charge in [-0.1, -0.05) is 109 Å². The SMILES string of the molecule is CC1(C)OB(c2ccc(-c3nc(-c4ccc(-c5ccccc5)cc4)nc(-c4ccc(-c5ccccn5)cc4)n3)cc2)OC1(C)C. The zero-order valence-electron chi connectivity index (χ0n) is 25.8. The first-order valence-electron chi connectivity index (χ1n) is 15.2. The third-order valence-electron chi connectivity index (χ3n) is 8.68. The third kappa shape index (κ3) is 5.80. The van der Waals surface area contributed by atoms with Crippen molar-refractivity contribution >= 4 is 12.6 Å². The van der Waals surface area contributed by atoms with E-state index in [4.69, 9.17) is 24.3 Å². The molecule has 6 aromatic rings. The van der Waals surface area contributed by atoms with Gasteiger partial charge in [0.05, 0.1) is 16.9 Å². The van der Waals surface area contributed by atoms with Crippen LogP contribution in [0.4, 0.5) is 0 Å². The molecular weight excluding hydrogens is 555 g/mol. The summed E-state index contributed by atoms with van der Waals surface area (Å²) in [6.07, 6.45) is 1.80. The number of hydrogen-bond acceptors (Lipinski definition) is 6. The Kier molecular flexibility index (Phi) is 7.36. The van der Waals surface area contributed by atoms with Gasteiger partial charge in [-0.2, -0.15) is 0 Å². The Morgan fingerprint density at radius 1 is 0.444 bits per heavy atom. The lowest BCUT2D eigenvalue weighted by molar-refractivity contribution is 0.00578. The average molecular weight is 589 g/mol. The van der Waals surface area contributed by atoms with Gasteiger partial charge in [-0.3, -0.25) is 4.98 Å². The van der Waals surface area contributed by atoms with Crippen LogP contribution in [0.1, 0.15) is 27.7 Å². The normalized spacial score (nSPS) is 15.2. The van der Waals surface area contributed by atoms with Crippen LogP contribution in [0.15, 0.2) is 128 Å². The van der Waals surface area contributed by atoms with Gasteiger partial charge >= 0.3 is 7.12 Å². The summed E-state index contributed by atoms with van der Waals surface area (Å²) in [6, 6.07) is 40.8. The van der Waals surface area contributed by atoms with E-state index in [2.05, 4.69) is 81.2 Å². The second-order valence-corrected chi connectivity index (χ2v) is 12.3. The smallest absolute Gasteiger partial charge is 0.399 e. The lowest BCUT2D eigenvalue weighted by atomic mass is 9.79. The van der Waals surface area contributed by atoms with Crippen molar-refractivity contribution in [2.75, 3.05) is 0 Å². The molecule has 1 aliphatic heterocycles. The van der Waals surface area contributed by atoms with E-state index in [-0.39, 0.29) is 0 Å². The Morgan fingerprint density at radius 3 is 1.36 bits per heavy atom. The number of aromatic nitrogens is 4. The maximum atomic E-state index is 6.26. The molecule has 0 spiro atoms. The zero-order chi connectivity index (χ0) is 31.0. The standard InChI is InChI=1S/C38H33BN4O2/c1-37(2)38(3,4)45-39(44-37)32-23-21-31(22-24-32)36-42-34(29-17-13-27(14-18-29)26-10-6-5-7-11-26)41-35(43-36)30-19-15-28(16-20-30)33-12-8-9-25-40-33/h5-25H,1-4H3. The average Bonchev–Trinajstić information content (AvgIpc) is 3.31. The molecule has 1 fully saturated rings. The predicted molar refractivity (Wildman–Crippen MR) is 181 cm³/mol. The van der Waals surface area contributed by atoms with Gasteiger partial charge in [0.15, 0.2) is 17.5 Å². The van der Waals surface area contributed by atoms with E-state index in [1.54, 1.807) is 6.20 Å². The van der Waals surface area contributed by atoms with E-state index in [1.807, 2.05) is 72.8 Å². The molecule has 1 aliphatic rings. The van der Waals surface area contributed by atoms with Crippen LogP contribution in [0, 0.1) is 0 Å². The highest BCUT2D eigenvalue weighted by Crippen LogP contribution is 2.36. The monoisotopic (exact) mass is 588 g/mol. The van der Waals surface area contributed by atoms with Crippen molar-refractivity contribution in [3.8, 4) is 56.5 Å². The second kappa shape index (κ2) is 11.5. The molecule has 1 saturated heterocycles. The lowest BCUT2D eigenvalue weighted by Gasteiger charge is -2.32. The fraction of sp³-hybridized carbons (Fsp3) is 0.158. The van der Waals surface area contributed by atoms with Crippen LogP contribution in [0.2, 0.25) is 0 Å². The van der Waals surface area contributed by atoms with Gasteiger partial charge < -0.3 is 9.31 Å². The van der Waals surface area contributed by atoms with Crippen LogP contribution in [-0.4, -0.2) is 38.3 Å². The first kappa shape index (κ1) is 28.8. The zero-order valence-corrected chi connectivity index (χ0v) is 25.8. The van der Waals surface area contributed by atoms with Gasteiger partial charge in [0.2, 0.25) is 0 Å². The summed E-state index contributed by atoms with van der Waals surface area (Å²) in [4.78, 5) is 19.3. The first-order valence-corrected chi connectivity index (χ1v) is 15.2. The molecule has 45 heavy (non-hydrogen) atoms. The molecule has 2 aromatic heterocycles. The van der Waals surface area contributed by atoms with Gasteiger partial charge in [0.25, 0.3) is 0 Å². The molecule has 7 rings (SSSR count). The van der Waals surface area contributed by atoms with E-state index in [1.165, 1.54) is 0 Å². The van der Waals surface area contributed by atoms with Crippen molar-refractivity contribution in [2.24, 2.45) is 0 Å². The number of pyridine rings is 1. The van der Waals surface area contributed by atoms with E-state index in [0.29, 0.717) is 17.5 Å². The Labute approximate surface area is 264 Å². The van der Waals surface area contributed by atoms with Crippen LogP contribution in [0.3, 0.4) is 0 Å². The summed E-state index contributed by atoms with van der Waals surface area (Å²) in [7, 11) is -0.436. The van der Waals surface area contributed by atoms with Crippen LogP contribution in [0.5, 0.6) is 0 Å². The van der Waals surface area contributed by atoms with Crippen molar-refractivity contribution in [3.63, 3.8) is 0 Å². The van der Waals surface area contributed by atoms with Crippen molar-refractivity contribution in [1.82, 2.24) is 19.9 Å². The molecular formula is C38H33BN4O2. The summed E-state index contributed by atoms with van der Waals surface area (Å²) in [5.74, 6) is 1.81. The molecule has 4 aromatic carbocycles. The second-order valence-electron chi connectivity index (χ2n) is 12.3. The Balaban J connectivity index is 1.25. The van der Waals surface area contributed by atoms with Crippen LogP contribution < -0.4 is 5.46 Å². The van der Waals surface area contributed by atoms with E-state index >= 15 is 0 Å². The van der Waals surface area contributed by atoms with Crippen molar-refractivity contribution in [1.29, 1.82) is 0 Å². The minimum atomic E-state index is -0.436. The molecule has 3 heterocycles. The molecule has 0 saturated carbocycles. The number of nitrogens with zero attached hydrogens (tertiary/aromatic N) is 4. The highest BCUT2D eigenvalue weighted by Gasteiger charge is 2.51. The van der Waals surface area contributed by atoms with Gasteiger partial charge in [-0.15, -0.1) is 0 Å². The molecule has 7 heteroatoms. The predicted octanol–water partition coefficient (Wildman–Crippen LogP) is 7.90.